The summed E-state index contributed by atoms with van der Waals surface area (Å²) in [6.07, 6.45) is 0. The zero-order valence-electron chi connectivity index (χ0n) is 8.48. The van der Waals surface area contributed by atoms with Crippen LogP contribution in [0.15, 0.2) is 23.0 Å². The molecule has 2 aromatic rings. The molecule has 0 atom stereocenters. The number of H-pyrrole nitrogens is 1. The van der Waals surface area contributed by atoms with Crippen LogP contribution >= 0.6 is 0 Å². The van der Waals surface area contributed by atoms with Gasteiger partial charge in [0, 0.05) is 0 Å². The van der Waals surface area contributed by atoms with Crippen LogP contribution in [0.2, 0.25) is 0 Å². The van der Waals surface area contributed by atoms with E-state index in [1.165, 1.54) is 19.2 Å². The minimum Gasteiger partial charge on any atom is -0.465 e. The molecule has 1 aromatic heterocycles. The van der Waals surface area contributed by atoms with Crippen molar-refractivity contribution in [2.24, 2.45) is 0 Å². The Kier molecular flexibility index (Phi) is 2.32. The second-order valence-corrected chi connectivity index (χ2v) is 3.17. The van der Waals surface area contributed by atoms with Gasteiger partial charge < -0.3 is 10.5 Å². The summed E-state index contributed by atoms with van der Waals surface area (Å²) in [7, 11) is 1.28. The van der Waals surface area contributed by atoms with E-state index < -0.39 is 5.97 Å². The molecule has 1 aromatic carbocycles. The average molecular weight is 219 g/mol. The van der Waals surface area contributed by atoms with E-state index in [1.807, 2.05) is 0 Å². The fraction of sp³-hybridized carbons (Fsp3) is 0.100. The Morgan fingerprint density at radius 2 is 2.25 bits per heavy atom. The highest BCUT2D eigenvalue weighted by Crippen LogP contribution is 2.11. The highest BCUT2D eigenvalue weighted by atomic mass is 16.5. The number of fused-ring (bicyclic) bond motifs is 1. The van der Waals surface area contributed by atoms with Crippen LogP contribution in [0.25, 0.3) is 10.9 Å². The first-order valence-electron chi connectivity index (χ1n) is 4.49. The predicted octanol–water partition coefficient (Wildman–Crippen LogP) is 0.292. The van der Waals surface area contributed by atoms with E-state index in [-0.39, 0.29) is 11.5 Å². The number of nitrogens with zero attached hydrogens (tertiary/aromatic N) is 1. The van der Waals surface area contributed by atoms with Gasteiger partial charge >= 0.3 is 5.97 Å². The number of aromatic nitrogens is 2. The average Bonchev–Trinajstić information content (AvgIpc) is 2.27. The van der Waals surface area contributed by atoms with Gasteiger partial charge in [0.25, 0.3) is 5.56 Å². The summed E-state index contributed by atoms with van der Waals surface area (Å²) in [6, 6.07) is 4.50. The van der Waals surface area contributed by atoms with Gasteiger partial charge in [0.1, 0.15) is 0 Å². The van der Waals surface area contributed by atoms with Crippen molar-refractivity contribution in [1.82, 2.24) is 9.97 Å². The predicted molar refractivity (Wildman–Crippen MR) is 58.1 cm³/mol. The van der Waals surface area contributed by atoms with Crippen molar-refractivity contribution < 1.29 is 9.53 Å². The third-order valence-corrected chi connectivity index (χ3v) is 2.14. The Morgan fingerprint density at radius 1 is 1.50 bits per heavy atom. The number of hydrogen-bond acceptors (Lipinski definition) is 5. The molecule has 0 spiro atoms. The Balaban J connectivity index is 2.71. The Morgan fingerprint density at radius 3 is 2.94 bits per heavy atom. The number of methoxy groups -OCH3 is 1. The van der Waals surface area contributed by atoms with Gasteiger partial charge in [-0.25, -0.2) is 9.78 Å². The SMILES string of the molecule is COC(=O)c1ccc2nc(N)[nH]c(=O)c2c1. The van der Waals surface area contributed by atoms with Crippen LogP contribution in [0.5, 0.6) is 0 Å². The van der Waals surface area contributed by atoms with Gasteiger partial charge in [0.05, 0.1) is 23.6 Å². The van der Waals surface area contributed by atoms with E-state index in [9.17, 15) is 9.59 Å². The van der Waals surface area contributed by atoms with Crippen molar-refractivity contribution in [3.8, 4) is 0 Å². The van der Waals surface area contributed by atoms with Crippen molar-refractivity contribution in [2.75, 3.05) is 12.8 Å². The van der Waals surface area contributed by atoms with Crippen molar-refractivity contribution in [1.29, 1.82) is 0 Å². The summed E-state index contributed by atoms with van der Waals surface area (Å²) in [6.45, 7) is 0. The van der Waals surface area contributed by atoms with E-state index in [0.717, 1.165) is 0 Å². The van der Waals surface area contributed by atoms with Crippen LogP contribution in [0.1, 0.15) is 10.4 Å². The molecule has 0 fully saturated rings. The van der Waals surface area contributed by atoms with E-state index in [2.05, 4.69) is 14.7 Å². The molecule has 1 heterocycles. The zero-order chi connectivity index (χ0) is 11.7. The molecule has 0 bridgehead atoms. The normalized spacial score (nSPS) is 10.3. The lowest BCUT2D eigenvalue weighted by atomic mass is 10.1. The molecule has 16 heavy (non-hydrogen) atoms. The Labute approximate surface area is 90.1 Å². The molecule has 6 heteroatoms. The number of ether oxygens (including phenoxy) is 1. The summed E-state index contributed by atoms with van der Waals surface area (Å²) >= 11 is 0. The molecular weight excluding hydrogens is 210 g/mol. The smallest absolute Gasteiger partial charge is 0.337 e. The summed E-state index contributed by atoms with van der Waals surface area (Å²) in [5.41, 5.74) is 5.75. The maximum atomic E-state index is 11.5. The molecular formula is C10H9N3O3. The Bertz CT molecular complexity index is 618. The highest BCUT2D eigenvalue weighted by molar-refractivity contribution is 5.94. The molecule has 6 nitrogen and oxygen atoms in total. The first kappa shape index (κ1) is 10.2. The number of nitrogens with two attached hydrogens (primary N) is 1. The number of esters is 1. The number of carbonyl (C=O) groups is 1. The lowest BCUT2D eigenvalue weighted by Crippen LogP contribution is -2.12. The number of benzene rings is 1. The molecule has 0 radical (unpaired) electrons. The van der Waals surface area contributed by atoms with Crippen molar-refractivity contribution in [3.63, 3.8) is 0 Å². The van der Waals surface area contributed by atoms with Crippen molar-refractivity contribution in [3.05, 3.63) is 34.1 Å². The van der Waals surface area contributed by atoms with Gasteiger partial charge in [-0.05, 0) is 18.2 Å². The van der Waals surface area contributed by atoms with Gasteiger partial charge in [-0.1, -0.05) is 0 Å². The van der Waals surface area contributed by atoms with Crippen molar-refractivity contribution >= 4 is 22.8 Å². The minimum absolute atomic E-state index is 0.0447. The largest absolute Gasteiger partial charge is 0.465 e. The van der Waals surface area contributed by atoms with Crippen molar-refractivity contribution in [2.45, 2.75) is 0 Å². The molecule has 0 aliphatic heterocycles. The monoisotopic (exact) mass is 219 g/mol. The second kappa shape index (κ2) is 3.65. The second-order valence-electron chi connectivity index (χ2n) is 3.17. The third-order valence-electron chi connectivity index (χ3n) is 2.14. The number of nitrogen functional groups attached to an aromatic ring is 1. The molecule has 82 valence electrons. The molecule has 2 rings (SSSR count). The number of aromatic amines is 1. The summed E-state index contributed by atoms with van der Waals surface area (Å²) in [5.74, 6) is -0.457. The minimum atomic E-state index is -0.502. The van der Waals surface area contributed by atoms with E-state index in [0.29, 0.717) is 16.5 Å². The Hall–Kier alpha value is -2.37. The standard InChI is InChI=1S/C10H9N3O3/c1-16-9(15)5-2-3-7-6(4-5)8(14)13-10(11)12-7/h2-4H,1H3,(H3,11,12,13,14). The van der Waals surface area contributed by atoms with Crippen LogP contribution in [-0.2, 0) is 4.74 Å². The maximum absolute atomic E-state index is 11.5. The van der Waals surface area contributed by atoms with E-state index >= 15 is 0 Å². The molecule has 0 aliphatic rings. The van der Waals surface area contributed by atoms with E-state index in [4.69, 9.17) is 5.73 Å². The van der Waals surface area contributed by atoms with Crippen LogP contribution in [0, 0.1) is 0 Å². The van der Waals surface area contributed by atoms with Crippen LogP contribution in [-0.4, -0.2) is 23.0 Å². The summed E-state index contributed by atoms with van der Waals surface area (Å²) < 4.78 is 4.55. The number of carbonyl (C=O) groups excluding carboxylic acids is 1. The molecule has 0 unspecified atom stereocenters. The number of nitrogens with one attached hydrogen (secondary N) is 1. The topological polar surface area (TPSA) is 98.1 Å². The fourth-order valence-electron chi connectivity index (χ4n) is 1.40. The maximum Gasteiger partial charge on any atom is 0.337 e. The third kappa shape index (κ3) is 1.60. The quantitative estimate of drug-likeness (QED) is 0.672. The number of rotatable bonds is 1. The van der Waals surface area contributed by atoms with Gasteiger partial charge in [-0.3, -0.25) is 9.78 Å². The van der Waals surface area contributed by atoms with Gasteiger partial charge in [0.2, 0.25) is 5.95 Å². The summed E-state index contributed by atoms with van der Waals surface area (Å²) in [5, 5.41) is 0.303. The van der Waals surface area contributed by atoms with Gasteiger partial charge in [-0.15, -0.1) is 0 Å². The highest BCUT2D eigenvalue weighted by Gasteiger charge is 2.08. The van der Waals surface area contributed by atoms with Crippen LogP contribution < -0.4 is 11.3 Å². The van der Waals surface area contributed by atoms with Gasteiger partial charge in [0.15, 0.2) is 0 Å². The lowest BCUT2D eigenvalue weighted by Gasteiger charge is -2.01. The number of hydrogen-bond donors (Lipinski definition) is 2. The van der Waals surface area contributed by atoms with Gasteiger partial charge in [-0.2, -0.15) is 0 Å². The first-order chi connectivity index (χ1) is 7.61. The van der Waals surface area contributed by atoms with E-state index in [1.54, 1.807) is 6.07 Å². The molecule has 0 saturated heterocycles. The number of anilines is 1. The molecule has 0 aliphatic carbocycles. The zero-order valence-corrected chi connectivity index (χ0v) is 8.48. The van der Waals surface area contributed by atoms with Crippen LogP contribution in [0.3, 0.4) is 0 Å². The fourth-order valence-corrected chi connectivity index (χ4v) is 1.40. The van der Waals surface area contributed by atoms with Crippen LogP contribution in [0.4, 0.5) is 5.95 Å². The molecule has 0 saturated carbocycles. The first-order valence-corrected chi connectivity index (χ1v) is 4.49. The summed E-state index contributed by atoms with van der Waals surface area (Å²) in [4.78, 5) is 29.1. The molecule has 3 N–H and O–H groups in total. The lowest BCUT2D eigenvalue weighted by molar-refractivity contribution is 0.0601. The molecule has 0 amide bonds.